The first-order valence-corrected chi connectivity index (χ1v) is 7.75. The van der Waals surface area contributed by atoms with Crippen LogP contribution in [0.3, 0.4) is 0 Å². The van der Waals surface area contributed by atoms with Crippen LogP contribution in [0.4, 0.5) is 5.69 Å². The van der Waals surface area contributed by atoms with Gasteiger partial charge in [-0.25, -0.2) is 4.79 Å². The van der Waals surface area contributed by atoms with E-state index in [2.05, 4.69) is 5.32 Å². The Morgan fingerprint density at radius 1 is 0.962 bits per heavy atom. The number of carbonyl (C=O) groups is 3. The highest BCUT2D eigenvalue weighted by molar-refractivity contribution is 5.98. The Labute approximate surface area is 150 Å². The molecule has 1 amide bonds. The molecule has 0 saturated carbocycles. The molecule has 2 aromatic carbocycles. The van der Waals surface area contributed by atoms with Gasteiger partial charge in [0.1, 0.15) is 5.56 Å². The van der Waals surface area contributed by atoms with Crippen LogP contribution in [-0.2, 0) is 9.53 Å². The van der Waals surface area contributed by atoms with Crippen LogP contribution in [0, 0.1) is 0 Å². The average Bonchev–Trinajstić information content (AvgIpc) is 2.65. The first-order valence-electron chi connectivity index (χ1n) is 7.75. The molecule has 1 N–H and O–H groups in total. The summed E-state index contributed by atoms with van der Waals surface area (Å²) in [6.45, 7) is 0.994. The third kappa shape index (κ3) is 4.60. The average molecular weight is 357 g/mol. The molecule has 2 rings (SSSR count). The predicted octanol–water partition coefficient (Wildman–Crippen LogP) is 2.70. The van der Waals surface area contributed by atoms with Gasteiger partial charge >= 0.3 is 5.97 Å². The molecule has 7 heteroatoms. The number of Topliss-reactive ketones (excluding diaryl/α,β-unsaturated/α-hetero) is 1. The van der Waals surface area contributed by atoms with Gasteiger partial charge in [-0.3, -0.25) is 9.59 Å². The highest BCUT2D eigenvalue weighted by atomic mass is 16.5. The zero-order valence-corrected chi connectivity index (χ0v) is 14.7. The minimum Gasteiger partial charge on any atom is -0.493 e. The van der Waals surface area contributed by atoms with Gasteiger partial charge in [-0.05, 0) is 43.3 Å². The molecule has 0 aliphatic heterocycles. The summed E-state index contributed by atoms with van der Waals surface area (Å²) in [5, 5.41) is 2.58. The molecular weight excluding hydrogens is 338 g/mol. The van der Waals surface area contributed by atoms with Gasteiger partial charge < -0.3 is 19.5 Å². The highest BCUT2D eigenvalue weighted by Gasteiger charge is 2.18. The third-order valence-electron chi connectivity index (χ3n) is 3.53. The van der Waals surface area contributed by atoms with Crippen LogP contribution in [0.25, 0.3) is 0 Å². The third-order valence-corrected chi connectivity index (χ3v) is 3.53. The summed E-state index contributed by atoms with van der Waals surface area (Å²) >= 11 is 0. The lowest BCUT2D eigenvalue weighted by Crippen LogP contribution is -2.21. The van der Waals surface area contributed by atoms with Crippen LogP contribution in [0.5, 0.6) is 11.5 Å². The van der Waals surface area contributed by atoms with E-state index in [0.29, 0.717) is 17.0 Å². The summed E-state index contributed by atoms with van der Waals surface area (Å²) in [6, 6.07) is 11.2. The minimum atomic E-state index is -0.706. The number of rotatable bonds is 7. The van der Waals surface area contributed by atoms with Crippen LogP contribution in [0.1, 0.15) is 27.6 Å². The number of hydrogen-bond donors (Lipinski definition) is 1. The minimum absolute atomic E-state index is 0.0657. The first-order chi connectivity index (χ1) is 12.5. The van der Waals surface area contributed by atoms with Gasteiger partial charge in [0.25, 0.3) is 5.91 Å². The number of hydrogen-bond acceptors (Lipinski definition) is 6. The van der Waals surface area contributed by atoms with Crippen LogP contribution in [-0.4, -0.2) is 38.5 Å². The number of anilines is 1. The maximum absolute atomic E-state index is 12.2. The Kier molecular flexibility index (Phi) is 6.32. The summed E-state index contributed by atoms with van der Waals surface area (Å²) < 4.78 is 15.3. The number of nitrogens with one attached hydrogen (secondary N) is 1. The molecule has 0 aliphatic carbocycles. The number of para-hydroxylation sites is 1. The van der Waals surface area contributed by atoms with Crippen molar-refractivity contribution in [2.75, 3.05) is 26.1 Å². The molecule has 2 aromatic rings. The first kappa shape index (κ1) is 19.0. The largest absolute Gasteiger partial charge is 0.493 e. The second kappa shape index (κ2) is 8.66. The van der Waals surface area contributed by atoms with E-state index in [-0.39, 0.29) is 17.1 Å². The molecule has 136 valence electrons. The van der Waals surface area contributed by atoms with Gasteiger partial charge in [0.05, 0.1) is 14.2 Å². The van der Waals surface area contributed by atoms with Crippen LogP contribution < -0.4 is 14.8 Å². The van der Waals surface area contributed by atoms with Crippen molar-refractivity contribution in [3.8, 4) is 11.5 Å². The van der Waals surface area contributed by atoms with E-state index in [4.69, 9.17) is 14.2 Å². The number of benzene rings is 2. The quantitative estimate of drug-likeness (QED) is 0.605. The fourth-order valence-corrected chi connectivity index (χ4v) is 2.24. The van der Waals surface area contributed by atoms with Gasteiger partial charge in [-0.1, -0.05) is 6.07 Å². The zero-order chi connectivity index (χ0) is 19.1. The second-order valence-corrected chi connectivity index (χ2v) is 5.30. The van der Waals surface area contributed by atoms with Gasteiger partial charge in [-0.15, -0.1) is 0 Å². The summed E-state index contributed by atoms with van der Waals surface area (Å²) in [7, 11) is 2.86. The maximum atomic E-state index is 12.2. The smallest absolute Gasteiger partial charge is 0.342 e. The molecule has 0 heterocycles. The Balaban J connectivity index is 1.97. The summed E-state index contributed by atoms with van der Waals surface area (Å²) in [5.41, 5.74) is 1.19. The number of esters is 1. The highest BCUT2D eigenvalue weighted by Crippen LogP contribution is 2.31. The van der Waals surface area contributed by atoms with E-state index in [1.165, 1.54) is 27.2 Å². The lowest BCUT2D eigenvalue weighted by molar-refractivity contribution is -0.119. The van der Waals surface area contributed by atoms with E-state index in [9.17, 15) is 14.4 Å². The van der Waals surface area contributed by atoms with E-state index in [1.54, 1.807) is 36.4 Å². The molecular formula is C19H19NO6. The molecule has 0 atom stereocenters. The Morgan fingerprint density at radius 3 is 2.23 bits per heavy atom. The number of ether oxygens (including phenoxy) is 3. The van der Waals surface area contributed by atoms with Gasteiger partial charge in [-0.2, -0.15) is 0 Å². The lowest BCUT2D eigenvalue weighted by Gasteiger charge is -2.12. The molecule has 7 nitrogen and oxygen atoms in total. The van der Waals surface area contributed by atoms with Crippen LogP contribution in [0.15, 0.2) is 42.5 Å². The molecule has 0 spiro atoms. The van der Waals surface area contributed by atoms with Crippen molar-refractivity contribution in [1.29, 1.82) is 0 Å². The van der Waals surface area contributed by atoms with Crippen LogP contribution in [0.2, 0.25) is 0 Å². The number of methoxy groups -OCH3 is 2. The van der Waals surface area contributed by atoms with Crippen molar-refractivity contribution in [3.63, 3.8) is 0 Å². The maximum Gasteiger partial charge on any atom is 0.342 e. The van der Waals surface area contributed by atoms with E-state index < -0.39 is 18.5 Å². The van der Waals surface area contributed by atoms with Gasteiger partial charge in [0, 0.05) is 11.3 Å². The molecule has 0 saturated heterocycles. The fourth-order valence-electron chi connectivity index (χ4n) is 2.24. The van der Waals surface area contributed by atoms with Crippen molar-refractivity contribution in [1.82, 2.24) is 0 Å². The van der Waals surface area contributed by atoms with E-state index >= 15 is 0 Å². The number of ketones is 1. The predicted molar refractivity (Wildman–Crippen MR) is 94.9 cm³/mol. The van der Waals surface area contributed by atoms with Crippen LogP contribution >= 0.6 is 0 Å². The molecule has 0 fully saturated rings. The Bertz CT molecular complexity index is 813. The van der Waals surface area contributed by atoms with Crippen molar-refractivity contribution in [2.24, 2.45) is 0 Å². The van der Waals surface area contributed by atoms with Gasteiger partial charge in [0.15, 0.2) is 23.9 Å². The topological polar surface area (TPSA) is 90.9 Å². The molecule has 26 heavy (non-hydrogen) atoms. The van der Waals surface area contributed by atoms with Crippen molar-refractivity contribution in [3.05, 3.63) is 53.6 Å². The fraction of sp³-hybridized carbons (Fsp3) is 0.211. The standard InChI is InChI=1S/C19H19NO6/c1-12(21)13-7-9-14(10-8-13)20-17(22)11-26-19(23)15-5-4-6-16(24-2)18(15)25-3/h4-10H,11H2,1-3H3,(H,20,22). The van der Waals surface area contributed by atoms with Crippen molar-refractivity contribution < 1.29 is 28.6 Å². The SMILES string of the molecule is COc1cccc(C(=O)OCC(=O)Nc2ccc(C(C)=O)cc2)c1OC. The molecule has 0 bridgehead atoms. The second-order valence-electron chi connectivity index (χ2n) is 5.30. The number of carbonyl (C=O) groups excluding carboxylic acids is 3. The Morgan fingerprint density at radius 2 is 1.65 bits per heavy atom. The molecule has 0 aromatic heterocycles. The van der Waals surface area contributed by atoms with Gasteiger partial charge in [0.2, 0.25) is 0 Å². The van der Waals surface area contributed by atoms with Crippen molar-refractivity contribution >= 4 is 23.3 Å². The summed E-state index contributed by atoms with van der Waals surface area (Å²) in [6.07, 6.45) is 0. The Hall–Kier alpha value is -3.35. The van der Waals surface area contributed by atoms with E-state index in [0.717, 1.165) is 0 Å². The monoisotopic (exact) mass is 357 g/mol. The summed E-state index contributed by atoms with van der Waals surface area (Å²) in [4.78, 5) is 35.4. The lowest BCUT2D eigenvalue weighted by atomic mass is 10.1. The molecule has 0 radical (unpaired) electrons. The normalized spacial score (nSPS) is 9.96. The molecule has 0 aliphatic rings. The summed E-state index contributed by atoms with van der Waals surface area (Å²) in [5.74, 6) is -0.653. The molecule has 0 unspecified atom stereocenters. The zero-order valence-electron chi connectivity index (χ0n) is 14.7. The van der Waals surface area contributed by atoms with Crippen molar-refractivity contribution in [2.45, 2.75) is 6.92 Å². The van der Waals surface area contributed by atoms with E-state index in [1.807, 2.05) is 0 Å². The number of amides is 1.